The Kier molecular flexibility index (Phi) is 6.23. The van der Waals surface area contributed by atoms with Crippen molar-refractivity contribution in [1.82, 2.24) is 14.9 Å². The average molecular weight is 291 g/mol. The third-order valence-corrected chi connectivity index (χ3v) is 4.08. The molecular formula is C16H29N5. The molecule has 1 aliphatic heterocycles. The van der Waals surface area contributed by atoms with Crippen molar-refractivity contribution in [2.45, 2.75) is 39.5 Å². The van der Waals surface area contributed by atoms with Gasteiger partial charge in [-0.2, -0.15) is 4.98 Å². The lowest BCUT2D eigenvalue weighted by molar-refractivity contribution is 0.215. The SMILES string of the molecule is CCCNc1nc(C)cc(NCCC2CCN(C)CC2)n1. The van der Waals surface area contributed by atoms with E-state index in [4.69, 9.17) is 0 Å². The van der Waals surface area contributed by atoms with Gasteiger partial charge in [-0.15, -0.1) is 0 Å². The molecule has 1 saturated heterocycles. The van der Waals surface area contributed by atoms with E-state index in [1.54, 1.807) is 0 Å². The normalized spacial score (nSPS) is 16.9. The van der Waals surface area contributed by atoms with Crippen LogP contribution in [0.4, 0.5) is 11.8 Å². The molecule has 118 valence electrons. The Labute approximate surface area is 128 Å². The van der Waals surface area contributed by atoms with Gasteiger partial charge >= 0.3 is 0 Å². The van der Waals surface area contributed by atoms with Crippen LogP contribution in [0, 0.1) is 12.8 Å². The summed E-state index contributed by atoms with van der Waals surface area (Å²) in [6.07, 6.45) is 4.96. The van der Waals surface area contributed by atoms with E-state index in [0.29, 0.717) is 0 Å². The molecule has 0 aromatic carbocycles. The average Bonchev–Trinajstić information content (AvgIpc) is 2.47. The quantitative estimate of drug-likeness (QED) is 0.809. The van der Waals surface area contributed by atoms with Gasteiger partial charge in [-0.25, -0.2) is 4.98 Å². The van der Waals surface area contributed by atoms with Crippen LogP contribution >= 0.6 is 0 Å². The first-order valence-corrected chi connectivity index (χ1v) is 8.19. The van der Waals surface area contributed by atoms with E-state index in [2.05, 4.69) is 39.5 Å². The lowest BCUT2D eigenvalue weighted by Crippen LogP contribution is -2.30. The molecule has 1 aromatic rings. The zero-order valence-corrected chi connectivity index (χ0v) is 13.7. The van der Waals surface area contributed by atoms with Crippen molar-refractivity contribution in [3.63, 3.8) is 0 Å². The van der Waals surface area contributed by atoms with Crippen molar-refractivity contribution < 1.29 is 0 Å². The Balaban J connectivity index is 1.78. The number of nitrogens with one attached hydrogen (secondary N) is 2. The Bertz CT molecular complexity index is 427. The number of aryl methyl sites for hydroxylation is 1. The van der Waals surface area contributed by atoms with Crippen LogP contribution in [0.25, 0.3) is 0 Å². The summed E-state index contributed by atoms with van der Waals surface area (Å²) in [5.41, 5.74) is 1.00. The highest BCUT2D eigenvalue weighted by Gasteiger charge is 2.16. The molecule has 2 N–H and O–H groups in total. The zero-order valence-electron chi connectivity index (χ0n) is 13.7. The molecule has 0 spiro atoms. The van der Waals surface area contributed by atoms with Crippen molar-refractivity contribution in [3.8, 4) is 0 Å². The molecule has 1 fully saturated rings. The molecule has 5 nitrogen and oxygen atoms in total. The van der Waals surface area contributed by atoms with Gasteiger partial charge in [-0.1, -0.05) is 6.92 Å². The number of rotatable bonds is 7. The molecule has 0 amide bonds. The minimum absolute atomic E-state index is 0.735. The molecule has 2 rings (SSSR count). The summed E-state index contributed by atoms with van der Waals surface area (Å²) in [7, 11) is 2.21. The summed E-state index contributed by atoms with van der Waals surface area (Å²) >= 11 is 0. The Morgan fingerprint density at radius 2 is 1.95 bits per heavy atom. The number of likely N-dealkylation sites (tertiary alicyclic amines) is 1. The minimum atomic E-state index is 0.735. The molecule has 0 radical (unpaired) electrons. The second-order valence-electron chi connectivity index (χ2n) is 6.11. The van der Waals surface area contributed by atoms with E-state index in [1.807, 2.05) is 13.0 Å². The van der Waals surface area contributed by atoms with Gasteiger partial charge in [0.05, 0.1) is 0 Å². The molecule has 5 heteroatoms. The van der Waals surface area contributed by atoms with Gasteiger partial charge in [0, 0.05) is 24.8 Å². The van der Waals surface area contributed by atoms with E-state index in [9.17, 15) is 0 Å². The number of hydrogen-bond acceptors (Lipinski definition) is 5. The number of hydrogen-bond donors (Lipinski definition) is 2. The molecule has 0 unspecified atom stereocenters. The lowest BCUT2D eigenvalue weighted by atomic mass is 9.94. The predicted molar refractivity (Wildman–Crippen MR) is 88.9 cm³/mol. The van der Waals surface area contributed by atoms with E-state index >= 15 is 0 Å². The van der Waals surface area contributed by atoms with Gasteiger partial charge in [-0.05, 0) is 58.7 Å². The summed E-state index contributed by atoms with van der Waals surface area (Å²) in [5.74, 6) is 2.53. The minimum Gasteiger partial charge on any atom is -0.370 e. The van der Waals surface area contributed by atoms with Crippen LogP contribution in [0.2, 0.25) is 0 Å². The Morgan fingerprint density at radius 1 is 1.19 bits per heavy atom. The fourth-order valence-corrected chi connectivity index (χ4v) is 2.73. The molecule has 0 aliphatic carbocycles. The van der Waals surface area contributed by atoms with Crippen LogP contribution in [-0.4, -0.2) is 48.1 Å². The monoisotopic (exact) mass is 291 g/mol. The summed E-state index contributed by atoms with van der Waals surface area (Å²) in [5, 5.41) is 6.71. The second-order valence-corrected chi connectivity index (χ2v) is 6.11. The summed E-state index contributed by atoms with van der Waals surface area (Å²) in [4.78, 5) is 11.4. The number of piperidine rings is 1. The smallest absolute Gasteiger partial charge is 0.224 e. The standard InChI is InChI=1S/C16H29N5/c1-4-8-18-16-19-13(2)12-15(20-16)17-9-5-14-6-10-21(3)11-7-14/h12,14H,4-11H2,1-3H3,(H2,17,18,19,20). The largest absolute Gasteiger partial charge is 0.370 e. The van der Waals surface area contributed by atoms with Crippen molar-refractivity contribution >= 4 is 11.8 Å². The Hall–Kier alpha value is -1.36. The number of anilines is 2. The maximum atomic E-state index is 4.52. The fraction of sp³-hybridized carbons (Fsp3) is 0.750. The van der Waals surface area contributed by atoms with Crippen LogP contribution in [-0.2, 0) is 0 Å². The topological polar surface area (TPSA) is 53.1 Å². The van der Waals surface area contributed by atoms with Gasteiger partial charge in [0.25, 0.3) is 0 Å². The van der Waals surface area contributed by atoms with Crippen LogP contribution in [0.5, 0.6) is 0 Å². The highest BCUT2D eigenvalue weighted by molar-refractivity contribution is 5.42. The van der Waals surface area contributed by atoms with Gasteiger partial charge < -0.3 is 15.5 Å². The zero-order chi connectivity index (χ0) is 15.1. The van der Waals surface area contributed by atoms with Gasteiger partial charge in [0.15, 0.2) is 0 Å². The molecule has 2 heterocycles. The van der Waals surface area contributed by atoms with Crippen LogP contribution in [0.15, 0.2) is 6.07 Å². The first-order chi connectivity index (χ1) is 10.2. The summed E-state index contributed by atoms with van der Waals surface area (Å²) < 4.78 is 0. The second kappa shape index (κ2) is 8.17. The van der Waals surface area contributed by atoms with Crippen LogP contribution < -0.4 is 10.6 Å². The molecule has 0 saturated carbocycles. The van der Waals surface area contributed by atoms with Crippen molar-refractivity contribution in [1.29, 1.82) is 0 Å². The lowest BCUT2D eigenvalue weighted by Gasteiger charge is -2.28. The van der Waals surface area contributed by atoms with Crippen LogP contribution in [0.3, 0.4) is 0 Å². The third-order valence-electron chi connectivity index (χ3n) is 4.08. The van der Waals surface area contributed by atoms with E-state index < -0.39 is 0 Å². The van der Waals surface area contributed by atoms with E-state index in [0.717, 1.165) is 42.9 Å². The maximum Gasteiger partial charge on any atom is 0.224 e. The molecule has 1 aliphatic rings. The van der Waals surface area contributed by atoms with Crippen molar-refractivity contribution in [2.24, 2.45) is 5.92 Å². The first kappa shape index (κ1) is 16.0. The predicted octanol–water partition coefficient (Wildman–Crippen LogP) is 2.75. The van der Waals surface area contributed by atoms with Gasteiger partial charge in [0.1, 0.15) is 5.82 Å². The molecule has 0 bridgehead atoms. The highest BCUT2D eigenvalue weighted by atomic mass is 15.1. The highest BCUT2D eigenvalue weighted by Crippen LogP contribution is 2.19. The number of aromatic nitrogens is 2. The number of nitrogens with zero attached hydrogens (tertiary/aromatic N) is 3. The van der Waals surface area contributed by atoms with Gasteiger partial charge in [0.2, 0.25) is 5.95 Å². The maximum absolute atomic E-state index is 4.52. The summed E-state index contributed by atoms with van der Waals surface area (Å²) in [6, 6.07) is 2.02. The molecular weight excluding hydrogens is 262 g/mol. The molecule has 0 atom stereocenters. The van der Waals surface area contributed by atoms with E-state index in [1.165, 1.54) is 32.4 Å². The third kappa shape index (κ3) is 5.50. The van der Waals surface area contributed by atoms with Crippen LogP contribution in [0.1, 0.15) is 38.3 Å². The molecule has 1 aromatic heterocycles. The van der Waals surface area contributed by atoms with Crippen molar-refractivity contribution in [2.75, 3.05) is 43.9 Å². The fourth-order valence-electron chi connectivity index (χ4n) is 2.73. The molecule has 21 heavy (non-hydrogen) atoms. The van der Waals surface area contributed by atoms with Crippen molar-refractivity contribution in [3.05, 3.63) is 11.8 Å². The Morgan fingerprint density at radius 3 is 2.67 bits per heavy atom. The summed E-state index contributed by atoms with van der Waals surface area (Å²) in [6.45, 7) is 8.55. The first-order valence-electron chi connectivity index (χ1n) is 8.19. The van der Waals surface area contributed by atoms with Gasteiger partial charge in [-0.3, -0.25) is 0 Å². The van der Waals surface area contributed by atoms with E-state index in [-0.39, 0.29) is 0 Å².